The summed E-state index contributed by atoms with van der Waals surface area (Å²) in [5.74, 6) is -0.260. The first-order valence-electron chi connectivity index (χ1n) is 5.01. The number of halogens is 1. The van der Waals surface area contributed by atoms with Gasteiger partial charge < -0.3 is 5.11 Å². The Labute approximate surface area is 93.4 Å². The molecular weight excluding hydrogens is 205 g/mol. The zero-order chi connectivity index (χ0) is 11.5. The summed E-state index contributed by atoms with van der Waals surface area (Å²) in [4.78, 5) is 4.01. The summed E-state index contributed by atoms with van der Waals surface area (Å²) < 4.78 is 13.2. The van der Waals surface area contributed by atoms with E-state index >= 15 is 0 Å². The molecule has 2 rings (SSSR count). The number of hydrogen-bond donors (Lipinski definition) is 1. The topological polar surface area (TPSA) is 33.1 Å². The van der Waals surface area contributed by atoms with E-state index in [0.717, 1.165) is 22.3 Å². The van der Waals surface area contributed by atoms with Gasteiger partial charge in [-0.2, -0.15) is 0 Å². The zero-order valence-corrected chi connectivity index (χ0v) is 8.94. The maximum atomic E-state index is 13.2. The largest absolute Gasteiger partial charge is 0.392 e. The van der Waals surface area contributed by atoms with Crippen LogP contribution in [-0.4, -0.2) is 10.1 Å². The first-order chi connectivity index (χ1) is 7.69. The number of rotatable bonds is 2. The minimum Gasteiger partial charge on any atom is -0.392 e. The number of aromatic nitrogens is 1. The van der Waals surface area contributed by atoms with Crippen LogP contribution in [0.3, 0.4) is 0 Å². The molecule has 0 radical (unpaired) electrons. The van der Waals surface area contributed by atoms with Gasteiger partial charge in [0.2, 0.25) is 0 Å². The lowest BCUT2D eigenvalue weighted by atomic mass is 10.0. The monoisotopic (exact) mass is 217 g/mol. The van der Waals surface area contributed by atoms with Crippen molar-refractivity contribution in [3.63, 3.8) is 0 Å². The van der Waals surface area contributed by atoms with E-state index < -0.39 is 0 Å². The van der Waals surface area contributed by atoms with Crippen LogP contribution in [0, 0.1) is 12.7 Å². The third-order valence-corrected chi connectivity index (χ3v) is 2.35. The second kappa shape index (κ2) is 4.41. The minimum absolute atomic E-state index is 0.0604. The Hall–Kier alpha value is -1.74. The lowest BCUT2D eigenvalue weighted by Crippen LogP contribution is -1.88. The van der Waals surface area contributed by atoms with Crippen molar-refractivity contribution in [3.8, 4) is 11.1 Å². The van der Waals surface area contributed by atoms with Gasteiger partial charge in [-0.15, -0.1) is 0 Å². The van der Waals surface area contributed by atoms with Crippen molar-refractivity contribution >= 4 is 0 Å². The molecule has 0 bridgehead atoms. The molecule has 1 N–H and O–H groups in total. The quantitative estimate of drug-likeness (QED) is 0.839. The van der Waals surface area contributed by atoms with Crippen LogP contribution in [0.1, 0.15) is 11.1 Å². The number of aryl methyl sites for hydroxylation is 1. The SMILES string of the molecule is Cc1cc(F)cc(-c2cncc(CO)c2)c1. The van der Waals surface area contributed by atoms with Gasteiger partial charge in [-0.1, -0.05) is 6.07 Å². The molecule has 0 saturated heterocycles. The molecule has 0 fully saturated rings. The van der Waals surface area contributed by atoms with E-state index in [0.29, 0.717) is 0 Å². The number of hydrogen-bond acceptors (Lipinski definition) is 2. The maximum Gasteiger partial charge on any atom is 0.124 e. The van der Waals surface area contributed by atoms with Gasteiger partial charge in [0.1, 0.15) is 5.82 Å². The fourth-order valence-electron chi connectivity index (χ4n) is 1.63. The lowest BCUT2D eigenvalue weighted by molar-refractivity contribution is 0.281. The third kappa shape index (κ3) is 2.25. The van der Waals surface area contributed by atoms with Gasteiger partial charge in [0.15, 0.2) is 0 Å². The molecule has 0 aliphatic heterocycles. The number of pyridine rings is 1. The highest BCUT2D eigenvalue weighted by molar-refractivity contribution is 5.63. The van der Waals surface area contributed by atoms with Crippen LogP contribution in [0.5, 0.6) is 0 Å². The van der Waals surface area contributed by atoms with Gasteiger partial charge in [-0.25, -0.2) is 4.39 Å². The van der Waals surface area contributed by atoms with E-state index in [4.69, 9.17) is 5.11 Å². The molecule has 1 aromatic carbocycles. The van der Waals surface area contributed by atoms with Crippen LogP contribution >= 0.6 is 0 Å². The second-order valence-electron chi connectivity index (χ2n) is 3.76. The molecule has 2 nitrogen and oxygen atoms in total. The molecule has 0 unspecified atom stereocenters. The summed E-state index contributed by atoms with van der Waals surface area (Å²) in [6.07, 6.45) is 3.25. The van der Waals surface area contributed by atoms with Crippen molar-refractivity contribution in [2.24, 2.45) is 0 Å². The first kappa shape index (κ1) is 10.8. The highest BCUT2D eigenvalue weighted by Crippen LogP contribution is 2.21. The predicted molar refractivity (Wildman–Crippen MR) is 60.3 cm³/mol. The summed E-state index contributed by atoms with van der Waals surface area (Å²) in [6.45, 7) is 1.78. The van der Waals surface area contributed by atoms with E-state index in [2.05, 4.69) is 4.98 Å². The molecule has 0 atom stereocenters. The molecule has 0 amide bonds. The molecular formula is C13H12FNO. The van der Waals surface area contributed by atoms with Crippen molar-refractivity contribution in [2.75, 3.05) is 0 Å². The van der Waals surface area contributed by atoms with Crippen LogP contribution in [0.2, 0.25) is 0 Å². The highest BCUT2D eigenvalue weighted by atomic mass is 19.1. The molecule has 16 heavy (non-hydrogen) atoms. The van der Waals surface area contributed by atoms with Crippen LogP contribution in [0.15, 0.2) is 36.7 Å². The summed E-state index contributed by atoms with van der Waals surface area (Å²) in [5.41, 5.74) is 3.18. The van der Waals surface area contributed by atoms with Crippen molar-refractivity contribution in [2.45, 2.75) is 13.5 Å². The molecule has 0 aliphatic rings. The Morgan fingerprint density at radius 1 is 1.12 bits per heavy atom. The molecule has 82 valence electrons. The molecule has 0 spiro atoms. The minimum atomic E-state index is -0.260. The molecule has 1 aromatic heterocycles. The van der Waals surface area contributed by atoms with Gasteiger partial charge in [-0.3, -0.25) is 4.98 Å². The summed E-state index contributed by atoms with van der Waals surface area (Å²) in [7, 11) is 0. The molecule has 3 heteroatoms. The van der Waals surface area contributed by atoms with E-state index in [1.54, 1.807) is 18.5 Å². The maximum absolute atomic E-state index is 13.2. The summed E-state index contributed by atoms with van der Waals surface area (Å²) in [6, 6.07) is 6.64. The number of benzene rings is 1. The average molecular weight is 217 g/mol. The molecule has 2 aromatic rings. The van der Waals surface area contributed by atoms with Crippen molar-refractivity contribution in [1.82, 2.24) is 4.98 Å². The Morgan fingerprint density at radius 3 is 2.62 bits per heavy atom. The normalized spacial score (nSPS) is 10.4. The van der Waals surface area contributed by atoms with E-state index in [1.165, 1.54) is 12.1 Å². The van der Waals surface area contributed by atoms with Crippen LogP contribution in [0.4, 0.5) is 4.39 Å². The predicted octanol–water partition coefficient (Wildman–Crippen LogP) is 2.69. The van der Waals surface area contributed by atoms with E-state index in [-0.39, 0.29) is 12.4 Å². The Bertz CT molecular complexity index is 491. The van der Waals surface area contributed by atoms with Gasteiger partial charge in [-0.05, 0) is 41.8 Å². The van der Waals surface area contributed by atoms with Crippen molar-refractivity contribution in [1.29, 1.82) is 0 Å². The Morgan fingerprint density at radius 2 is 1.94 bits per heavy atom. The Kier molecular flexibility index (Phi) is 2.97. The van der Waals surface area contributed by atoms with Crippen molar-refractivity contribution in [3.05, 3.63) is 53.6 Å². The fourth-order valence-corrected chi connectivity index (χ4v) is 1.63. The average Bonchev–Trinajstić information content (AvgIpc) is 2.28. The highest BCUT2D eigenvalue weighted by Gasteiger charge is 2.02. The standard InChI is InChI=1S/C13H12FNO/c1-9-2-11(5-13(14)3-9)12-4-10(8-16)6-15-7-12/h2-7,16H,8H2,1H3. The molecule has 1 heterocycles. The zero-order valence-electron chi connectivity index (χ0n) is 8.94. The number of aliphatic hydroxyl groups is 1. The van der Waals surface area contributed by atoms with Gasteiger partial charge in [0.25, 0.3) is 0 Å². The van der Waals surface area contributed by atoms with Crippen LogP contribution < -0.4 is 0 Å². The number of aliphatic hydroxyl groups excluding tert-OH is 1. The van der Waals surface area contributed by atoms with Gasteiger partial charge >= 0.3 is 0 Å². The molecule has 0 aliphatic carbocycles. The smallest absolute Gasteiger partial charge is 0.124 e. The Balaban J connectivity index is 2.49. The summed E-state index contributed by atoms with van der Waals surface area (Å²) in [5, 5.41) is 9.00. The van der Waals surface area contributed by atoms with Gasteiger partial charge in [0.05, 0.1) is 6.61 Å². The van der Waals surface area contributed by atoms with Crippen molar-refractivity contribution < 1.29 is 9.50 Å². The third-order valence-electron chi connectivity index (χ3n) is 2.35. The second-order valence-corrected chi connectivity index (χ2v) is 3.76. The summed E-state index contributed by atoms with van der Waals surface area (Å²) >= 11 is 0. The first-order valence-corrected chi connectivity index (χ1v) is 5.01. The molecule has 0 saturated carbocycles. The fraction of sp³-hybridized carbons (Fsp3) is 0.154. The van der Waals surface area contributed by atoms with E-state index in [9.17, 15) is 4.39 Å². The van der Waals surface area contributed by atoms with Gasteiger partial charge in [0, 0.05) is 18.0 Å². The van der Waals surface area contributed by atoms with E-state index in [1.807, 2.05) is 13.0 Å². The number of nitrogens with zero attached hydrogens (tertiary/aromatic N) is 1. The van der Waals surface area contributed by atoms with Crippen LogP contribution in [0.25, 0.3) is 11.1 Å². The lowest BCUT2D eigenvalue weighted by Gasteiger charge is -2.04. The van der Waals surface area contributed by atoms with Crippen LogP contribution in [-0.2, 0) is 6.61 Å².